The van der Waals surface area contributed by atoms with E-state index in [1.165, 1.54) is 6.20 Å². The zero-order valence-corrected chi connectivity index (χ0v) is 10.6. The van der Waals surface area contributed by atoms with E-state index in [0.717, 1.165) is 18.5 Å². The summed E-state index contributed by atoms with van der Waals surface area (Å²) in [6, 6.07) is 0. The summed E-state index contributed by atoms with van der Waals surface area (Å²) in [5.41, 5.74) is 0.501. The first-order valence-corrected chi connectivity index (χ1v) is 6.48. The number of fused-ring (bicyclic) bond motifs is 1. The standard InChI is InChI=1S/C11H14N4OS/c1-8(2)3-4-17-11-13-10-12-5-9(7-16)6-15(10)14-11/h5-8H,3-4H2,1-2H3. The quantitative estimate of drug-likeness (QED) is 0.600. The first-order valence-electron chi connectivity index (χ1n) is 5.49. The van der Waals surface area contributed by atoms with Crippen molar-refractivity contribution in [3.05, 3.63) is 18.0 Å². The number of thioether (sulfide) groups is 1. The molecule has 0 aliphatic carbocycles. The molecule has 2 aromatic rings. The molecule has 0 bridgehead atoms. The zero-order valence-electron chi connectivity index (χ0n) is 9.83. The highest BCUT2D eigenvalue weighted by Crippen LogP contribution is 2.16. The Balaban J connectivity index is 2.11. The normalized spacial score (nSPS) is 11.2. The second-order valence-corrected chi connectivity index (χ2v) is 5.24. The Hall–Kier alpha value is -1.43. The number of carbonyl (C=O) groups is 1. The summed E-state index contributed by atoms with van der Waals surface area (Å²) in [6.45, 7) is 4.38. The monoisotopic (exact) mass is 250 g/mol. The van der Waals surface area contributed by atoms with Crippen molar-refractivity contribution in [3.8, 4) is 0 Å². The first-order chi connectivity index (χ1) is 8.19. The molecule has 0 amide bonds. The summed E-state index contributed by atoms with van der Waals surface area (Å²) in [7, 11) is 0. The fourth-order valence-corrected chi connectivity index (χ4v) is 2.35. The van der Waals surface area contributed by atoms with E-state index >= 15 is 0 Å². The zero-order chi connectivity index (χ0) is 12.3. The molecule has 17 heavy (non-hydrogen) atoms. The lowest BCUT2D eigenvalue weighted by Gasteiger charge is -2.00. The molecule has 0 radical (unpaired) electrons. The molecule has 2 rings (SSSR count). The maximum absolute atomic E-state index is 10.6. The molecule has 0 aliphatic heterocycles. The van der Waals surface area contributed by atoms with E-state index in [9.17, 15) is 4.79 Å². The summed E-state index contributed by atoms with van der Waals surface area (Å²) >= 11 is 1.62. The average Bonchev–Trinajstić information content (AvgIpc) is 2.69. The summed E-state index contributed by atoms with van der Waals surface area (Å²) in [4.78, 5) is 18.9. The van der Waals surface area contributed by atoms with Gasteiger partial charge in [0.1, 0.15) is 0 Å². The van der Waals surface area contributed by atoms with Crippen molar-refractivity contribution in [2.75, 3.05) is 5.75 Å². The summed E-state index contributed by atoms with van der Waals surface area (Å²) in [5.74, 6) is 2.21. The van der Waals surface area contributed by atoms with Gasteiger partial charge in [-0.1, -0.05) is 25.6 Å². The van der Waals surface area contributed by atoms with Gasteiger partial charge in [0.15, 0.2) is 6.29 Å². The van der Waals surface area contributed by atoms with Crippen molar-refractivity contribution in [2.24, 2.45) is 5.92 Å². The van der Waals surface area contributed by atoms with Crippen LogP contribution in [0.25, 0.3) is 5.78 Å². The van der Waals surface area contributed by atoms with Crippen LogP contribution in [0.5, 0.6) is 0 Å². The fourth-order valence-electron chi connectivity index (χ4n) is 1.29. The van der Waals surface area contributed by atoms with Crippen LogP contribution >= 0.6 is 11.8 Å². The first kappa shape index (κ1) is 12.0. The van der Waals surface area contributed by atoms with Crippen LogP contribution in [-0.2, 0) is 0 Å². The van der Waals surface area contributed by atoms with Crippen LogP contribution < -0.4 is 0 Å². The van der Waals surface area contributed by atoms with Crippen LogP contribution in [0.4, 0.5) is 0 Å². The van der Waals surface area contributed by atoms with Gasteiger partial charge in [-0.25, -0.2) is 9.50 Å². The predicted molar refractivity (Wildman–Crippen MR) is 66.3 cm³/mol. The number of hydrogen-bond donors (Lipinski definition) is 0. The Morgan fingerprint density at radius 2 is 2.35 bits per heavy atom. The Kier molecular flexibility index (Phi) is 3.73. The third-order valence-electron chi connectivity index (χ3n) is 2.26. The Labute approximate surface area is 104 Å². The number of nitrogens with zero attached hydrogens (tertiary/aromatic N) is 4. The summed E-state index contributed by atoms with van der Waals surface area (Å²) in [6.07, 6.45) is 5.02. The van der Waals surface area contributed by atoms with Crippen molar-refractivity contribution in [3.63, 3.8) is 0 Å². The minimum absolute atomic E-state index is 0.501. The third kappa shape index (κ3) is 3.03. The molecule has 6 heteroatoms. The molecule has 0 aromatic carbocycles. The van der Waals surface area contributed by atoms with Crippen LogP contribution in [0.1, 0.15) is 30.6 Å². The molecule has 0 N–H and O–H groups in total. The maximum Gasteiger partial charge on any atom is 0.253 e. The second-order valence-electron chi connectivity index (χ2n) is 4.18. The smallest absolute Gasteiger partial charge is 0.253 e. The van der Waals surface area contributed by atoms with Crippen LogP contribution in [-0.4, -0.2) is 31.6 Å². The van der Waals surface area contributed by atoms with Gasteiger partial charge in [-0.2, -0.15) is 4.98 Å². The minimum Gasteiger partial charge on any atom is -0.298 e. The number of carbonyl (C=O) groups excluding carboxylic acids is 1. The van der Waals surface area contributed by atoms with Gasteiger partial charge < -0.3 is 0 Å². The maximum atomic E-state index is 10.6. The van der Waals surface area contributed by atoms with Gasteiger partial charge in [0, 0.05) is 18.1 Å². The number of aldehydes is 1. The van der Waals surface area contributed by atoms with Crippen LogP contribution in [0.15, 0.2) is 17.6 Å². The van der Waals surface area contributed by atoms with Gasteiger partial charge in [0.25, 0.3) is 5.78 Å². The van der Waals surface area contributed by atoms with Gasteiger partial charge in [-0.05, 0) is 12.3 Å². The molecular weight excluding hydrogens is 236 g/mol. The predicted octanol–water partition coefficient (Wildman–Crippen LogP) is 2.07. The van der Waals surface area contributed by atoms with Crippen molar-refractivity contribution < 1.29 is 4.79 Å². The lowest BCUT2D eigenvalue weighted by molar-refractivity contribution is 0.112. The average molecular weight is 250 g/mol. The topological polar surface area (TPSA) is 60.2 Å². The molecule has 5 nitrogen and oxygen atoms in total. The van der Waals surface area contributed by atoms with Gasteiger partial charge in [0.2, 0.25) is 5.16 Å². The van der Waals surface area contributed by atoms with E-state index in [1.807, 2.05) is 0 Å². The molecule has 0 spiro atoms. The Morgan fingerprint density at radius 3 is 3.06 bits per heavy atom. The van der Waals surface area contributed by atoms with Crippen molar-refractivity contribution in [2.45, 2.75) is 25.4 Å². The number of hydrogen-bond acceptors (Lipinski definition) is 5. The molecule has 2 aromatic heterocycles. The number of aromatic nitrogens is 4. The molecule has 0 aliphatic rings. The van der Waals surface area contributed by atoms with E-state index < -0.39 is 0 Å². The third-order valence-corrected chi connectivity index (χ3v) is 3.13. The molecule has 0 unspecified atom stereocenters. The molecule has 0 fully saturated rings. The second kappa shape index (κ2) is 5.27. The Morgan fingerprint density at radius 1 is 1.53 bits per heavy atom. The lowest BCUT2D eigenvalue weighted by Crippen LogP contribution is -1.93. The lowest BCUT2D eigenvalue weighted by atomic mass is 10.2. The molecule has 0 saturated carbocycles. The van der Waals surface area contributed by atoms with E-state index in [4.69, 9.17) is 0 Å². The van der Waals surface area contributed by atoms with E-state index in [0.29, 0.717) is 22.4 Å². The molecule has 0 saturated heterocycles. The van der Waals surface area contributed by atoms with Gasteiger partial charge in [0.05, 0.1) is 5.56 Å². The highest BCUT2D eigenvalue weighted by atomic mass is 32.2. The van der Waals surface area contributed by atoms with E-state index in [-0.39, 0.29) is 0 Å². The summed E-state index contributed by atoms with van der Waals surface area (Å²) < 4.78 is 1.54. The highest BCUT2D eigenvalue weighted by Gasteiger charge is 2.06. The molecule has 0 atom stereocenters. The minimum atomic E-state index is 0.501. The van der Waals surface area contributed by atoms with Gasteiger partial charge in [-0.15, -0.1) is 5.10 Å². The fraction of sp³-hybridized carbons (Fsp3) is 0.455. The highest BCUT2D eigenvalue weighted by molar-refractivity contribution is 7.99. The molecular formula is C11H14N4OS. The van der Waals surface area contributed by atoms with Crippen LogP contribution in [0, 0.1) is 5.92 Å². The van der Waals surface area contributed by atoms with Crippen molar-refractivity contribution in [1.82, 2.24) is 19.6 Å². The molecule has 90 valence electrons. The largest absolute Gasteiger partial charge is 0.298 e. The van der Waals surface area contributed by atoms with Gasteiger partial charge in [-0.3, -0.25) is 4.79 Å². The number of rotatable bonds is 5. The Bertz CT molecular complexity index is 523. The molecule has 2 heterocycles. The van der Waals surface area contributed by atoms with Crippen LogP contribution in [0.2, 0.25) is 0 Å². The SMILES string of the molecule is CC(C)CCSc1nc2ncc(C=O)cn2n1. The van der Waals surface area contributed by atoms with E-state index in [2.05, 4.69) is 28.9 Å². The van der Waals surface area contributed by atoms with Crippen molar-refractivity contribution >= 4 is 23.8 Å². The van der Waals surface area contributed by atoms with Gasteiger partial charge >= 0.3 is 0 Å². The van der Waals surface area contributed by atoms with Crippen LogP contribution in [0.3, 0.4) is 0 Å². The summed E-state index contributed by atoms with van der Waals surface area (Å²) in [5, 5.41) is 4.97. The van der Waals surface area contributed by atoms with E-state index in [1.54, 1.807) is 22.5 Å². The van der Waals surface area contributed by atoms with Crippen molar-refractivity contribution in [1.29, 1.82) is 0 Å².